The van der Waals surface area contributed by atoms with Crippen LogP contribution in [0.2, 0.25) is 0 Å². The van der Waals surface area contributed by atoms with Crippen molar-refractivity contribution in [1.82, 2.24) is 0 Å². The van der Waals surface area contributed by atoms with Crippen molar-refractivity contribution in [3.63, 3.8) is 0 Å². The lowest BCUT2D eigenvalue weighted by Gasteiger charge is -2.04. The summed E-state index contributed by atoms with van der Waals surface area (Å²) in [6.07, 6.45) is -0.113. The lowest BCUT2D eigenvalue weighted by molar-refractivity contribution is -0.405. The number of benzene rings is 1. The molecule has 18 heavy (non-hydrogen) atoms. The fourth-order valence-electron chi connectivity index (χ4n) is 1.52. The zero-order valence-corrected chi connectivity index (χ0v) is 9.02. The van der Waals surface area contributed by atoms with E-state index in [2.05, 4.69) is 0 Å². The highest BCUT2D eigenvalue weighted by Crippen LogP contribution is 2.43. The molecule has 0 saturated heterocycles. The molecule has 10 nitrogen and oxygen atoms in total. The van der Waals surface area contributed by atoms with E-state index in [1.165, 1.54) is 6.92 Å². The van der Waals surface area contributed by atoms with Gasteiger partial charge in [-0.2, -0.15) is 0 Å². The third-order valence-electron chi connectivity index (χ3n) is 2.26. The van der Waals surface area contributed by atoms with Crippen molar-refractivity contribution in [3.05, 3.63) is 42.0 Å². The second-order valence-corrected chi connectivity index (χ2v) is 3.22. The molecule has 1 rings (SSSR count). The summed E-state index contributed by atoms with van der Waals surface area (Å²) in [5.74, 6) is -1.17. The second kappa shape index (κ2) is 4.61. The maximum atomic E-state index is 10.8. The molecule has 0 bridgehead atoms. The van der Waals surface area contributed by atoms with Crippen molar-refractivity contribution in [1.29, 1.82) is 0 Å². The first-order valence-corrected chi connectivity index (χ1v) is 4.63. The van der Waals surface area contributed by atoms with Crippen molar-refractivity contribution in [2.45, 2.75) is 13.3 Å². The molecular weight excluding hydrogens is 250 g/mol. The Morgan fingerprint density at radius 3 is 1.89 bits per heavy atom. The predicted octanol–water partition coefficient (Wildman–Crippen LogP) is 1.68. The molecule has 0 radical (unpaired) electrons. The van der Waals surface area contributed by atoms with E-state index in [1.807, 2.05) is 0 Å². The summed E-state index contributed by atoms with van der Waals surface area (Å²) in [6.45, 7) is 1.40. The number of rotatable bonds is 4. The van der Waals surface area contributed by atoms with Crippen LogP contribution < -0.4 is 0 Å². The minimum Gasteiger partial charge on any atom is -0.497 e. The van der Waals surface area contributed by atoms with Crippen LogP contribution in [0.3, 0.4) is 0 Å². The lowest BCUT2D eigenvalue weighted by atomic mass is 10.1. The summed E-state index contributed by atoms with van der Waals surface area (Å²) in [5, 5.41) is 41.5. The van der Waals surface area contributed by atoms with Crippen LogP contribution in [0.4, 0.5) is 17.1 Å². The Balaban J connectivity index is 3.81. The van der Waals surface area contributed by atoms with Gasteiger partial charge in [0.1, 0.15) is 5.56 Å². The smallest absolute Gasteiger partial charge is 0.328 e. The number of hydrogen-bond donors (Lipinski definition) is 1. The van der Waals surface area contributed by atoms with E-state index in [0.29, 0.717) is 6.07 Å². The summed E-state index contributed by atoms with van der Waals surface area (Å²) in [6, 6.07) is 0.515. The van der Waals surface area contributed by atoms with Crippen LogP contribution in [0.1, 0.15) is 12.5 Å². The third kappa shape index (κ3) is 2.03. The Morgan fingerprint density at radius 2 is 1.56 bits per heavy atom. The first-order chi connectivity index (χ1) is 8.31. The SMILES string of the molecule is CCc1c([N+](=O)[O-])cc([N+](=O)[O-])c(O)c1[N+](=O)[O-]. The van der Waals surface area contributed by atoms with Gasteiger partial charge in [0.05, 0.1) is 20.8 Å². The van der Waals surface area contributed by atoms with Gasteiger partial charge in [-0.3, -0.25) is 30.3 Å². The normalized spacial score (nSPS) is 10.1. The molecule has 0 heterocycles. The number of nitro groups is 3. The molecule has 1 aromatic carbocycles. The minimum absolute atomic E-state index is 0.113. The van der Waals surface area contributed by atoms with Crippen LogP contribution in [0.25, 0.3) is 0 Å². The number of aromatic hydroxyl groups is 1. The topological polar surface area (TPSA) is 150 Å². The summed E-state index contributed by atoms with van der Waals surface area (Å²) < 4.78 is 0. The summed E-state index contributed by atoms with van der Waals surface area (Å²) >= 11 is 0. The van der Waals surface area contributed by atoms with E-state index in [4.69, 9.17) is 0 Å². The zero-order chi connectivity index (χ0) is 14.0. The first kappa shape index (κ1) is 13.3. The maximum absolute atomic E-state index is 10.8. The Hall–Kier alpha value is -2.78. The van der Waals surface area contributed by atoms with Gasteiger partial charge >= 0.3 is 11.4 Å². The Kier molecular flexibility index (Phi) is 3.40. The van der Waals surface area contributed by atoms with Crippen LogP contribution in [-0.2, 0) is 6.42 Å². The monoisotopic (exact) mass is 257 g/mol. The molecule has 0 aliphatic rings. The van der Waals surface area contributed by atoms with Gasteiger partial charge in [0, 0.05) is 0 Å². The molecule has 0 unspecified atom stereocenters. The third-order valence-corrected chi connectivity index (χ3v) is 2.26. The quantitative estimate of drug-likeness (QED) is 0.636. The van der Waals surface area contributed by atoms with Crippen molar-refractivity contribution < 1.29 is 19.9 Å². The van der Waals surface area contributed by atoms with Gasteiger partial charge in [-0.05, 0) is 6.42 Å². The molecular formula is C8H7N3O7. The lowest BCUT2D eigenvalue weighted by Crippen LogP contribution is -2.03. The largest absolute Gasteiger partial charge is 0.497 e. The molecule has 0 spiro atoms. The van der Waals surface area contributed by atoms with E-state index in [0.717, 1.165) is 0 Å². The number of phenolic OH excluding ortho intramolecular Hbond substituents is 1. The highest BCUT2D eigenvalue weighted by atomic mass is 16.6. The molecule has 0 aliphatic heterocycles. The standard InChI is InChI=1S/C8H7N3O7/c1-2-4-5(9(13)14)3-6(10(15)16)8(12)7(4)11(17)18/h3,12H,2H2,1H3. The average molecular weight is 257 g/mol. The Morgan fingerprint density at radius 1 is 1.06 bits per heavy atom. The highest BCUT2D eigenvalue weighted by molar-refractivity contribution is 5.70. The van der Waals surface area contributed by atoms with E-state index < -0.39 is 37.6 Å². The van der Waals surface area contributed by atoms with E-state index in [-0.39, 0.29) is 12.0 Å². The molecule has 0 atom stereocenters. The van der Waals surface area contributed by atoms with Gasteiger partial charge in [0.15, 0.2) is 0 Å². The fourth-order valence-corrected chi connectivity index (χ4v) is 1.52. The minimum atomic E-state index is -1.17. The Bertz CT molecular complexity index is 554. The van der Waals surface area contributed by atoms with E-state index in [9.17, 15) is 35.4 Å². The van der Waals surface area contributed by atoms with Crippen molar-refractivity contribution in [2.75, 3.05) is 0 Å². The molecule has 0 fully saturated rings. The van der Waals surface area contributed by atoms with E-state index >= 15 is 0 Å². The highest BCUT2D eigenvalue weighted by Gasteiger charge is 2.35. The Labute approximate surface area is 98.9 Å². The first-order valence-electron chi connectivity index (χ1n) is 4.63. The molecule has 0 saturated carbocycles. The van der Waals surface area contributed by atoms with Gasteiger partial charge in [-0.25, -0.2) is 0 Å². The maximum Gasteiger partial charge on any atom is 0.328 e. The van der Waals surface area contributed by atoms with Crippen molar-refractivity contribution in [2.24, 2.45) is 0 Å². The summed E-state index contributed by atoms with van der Waals surface area (Å²) in [7, 11) is 0. The predicted molar refractivity (Wildman–Crippen MR) is 57.4 cm³/mol. The molecule has 1 aromatic rings. The summed E-state index contributed by atoms with van der Waals surface area (Å²) in [4.78, 5) is 28.9. The van der Waals surface area contributed by atoms with E-state index in [1.54, 1.807) is 0 Å². The molecule has 1 N–H and O–H groups in total. The molecule has 0 aliphatic carbocycles. The van der Waals surface area contributed by atoms with Crippen LogP contribution in [0, 0.1) is 30.3 Å². The van der Waals surface area contributed by atoms with Crippen molar-refractivity contribution in [3.8, 4) is 5.75 Å². The number of nitrogens with zero attached hydrogens (tertiary/aromatic N) is 3. The van der Waals surface area contributed by atoms with Crippen LogP contribution in [0.15, 0.2) is 6.07 Å². The van der Waals surface area contributed by atoms with Crippen LogP contribution >= 0.6 is 0 Å². The molecule has 0 amide bonds. The fraction of sp³-hybridized carbons (Fsp3) is 0.250. The van der Waals surface area contributed by atoms with Gasteiger partial charge in [-0.15, -0.1) is 0 Å². The number of phenols is 1. The van der Waals surface area contributed by atoms with Crippen LogP contribution in [-0.4, -0.2) is 19.9 Å². The number of hydrogen-bond acceptors (Lipinski definition) is 7. The molecule has 96 valence electrons. The van der Waals surface area contributed by atoms with Gasteiger partial charge in [-0.1, -0.05) is 6.92 Å². The van der Waals surface area contributed by atoms with Gasteiger partial charge in [0.25, 0.3) is 11.4 Å². The summed E-state index contributed by atoms with van der Waals surface area (Å²) in [5.41, 5.74) is -3.18. The van der Waals surface area contributed by atoms with Crippen LogP contribution in [0.5, 0.6) is 5.75 Å². The second-order valence-electron chi connectivity index (χ2n) is 3.22. The van der Waals surface area contributed by atoms with Crippen molar-refractivity contribution >= 4 is 17.1 Å². The van der Waals surface area contributed by atoms with Gasteiger partial charge in [0.2, 0.25) is 0 Å². The molecule has 10 heteroatoms. The average Bonchev–Trinajstić information content (AvgIpc) is 2.26. The van der Waals surface area contributed by atoms with Gasteiger partial charge < -0.3 is 5.11 Å². The zero-order valence-electron chi connectivity index (χ0n) is 9.02. The molecule has 0 aromatic heterocycles. The number of nitro benzene ring substituents is 3.